The summed E-state index contributed by atoms with van der Waals surface area (Å²) in [5.41, 5.74) is 2.37. The monoisotopic (exact) mass is 245 g/mol. The number of morpholine rings is 1. The minimum Gasteiger partial charge on any atom is -0.385 e. The molecule has 0 spiro atoms. The van der Waals surface area contributed by atoms with E-state index in [1.54, 1.807) is 0 Å². The van der Waals surface area contributed by atoms with Crippen LogP contribution in [0.2, 0.25) is 0 Å². The lowest BCUT2D eigenvalue weighted by Crippen LogP contribution is -2.36. The average Bonchev–Trinajstić information content (AvgIpc) is 2.45. The maximum Gasteiger partial charge on any atom is 0.0642 e. The number of benzene rings is 1. The molecule has 1 fully saturated rings. The predicted molar refractivity (Wildman–Crippen MR) is 72.8 cm³/mol. The van der Waals surface area contributed by atoms with Gasteiger partial charge in [-0.3, -0.25) is 0 Å². The van der Waals surface area contributed by atoms with Gasteiger partial charge in [0.2, 0.25) is 0 Å². The fourth-order valence-corrected chi connectivity index (χ4v) is 2.01. The normalized spacial score (nSPS) is 15.2. The number of nitriles is 1. The van der Waals surface area contributed by atoms with Gasteiger partial charge < -0.3 is 15.0 Å². The van der Waals surface area contributed by atoms with E-state index in [1.807, 2.05) is 0 Å². The highest BCUT2D eigenvalue weighted by Gasteiger charge is 2.10. The standard InChI is InChI=1S/C14H19N3O/c15-7-1-2-8-16-13-3-5-14(6-4-13)17-9-11-18-12-10-17/h3-6,16H,1-2,8-12H2. The summed E-state index contributed by atoms with van der Waals surface area (Å²) in [6.45, 7) is 4.41. The van der Waals surface area contributed by atoms with Crippen molar-refractivity contribution in [3.63, 3.8) is 0 Å². The molecular formula is C14H19N3O. The van der Waals surface area contributed by atoms with Crippen LogP contribution in [0.5, 0.6) is 0 Å². The third-order valence-electron chi connectivity index (χ3n) is 3.04. The van der Waals surface area contributed by atoms with E-state index in [0.717, 1.165) is 45.0 Å². The molecule has 0 aromatic heterocycles. The fourth-order valence-electron chi connectivity index (χ4n) is 2.01. The second-order valence-corrected chi connectivity index (χ2v) is 4.33. The van der Waals surface area contributed by atoms with E-state index in [9.17, 15) is 0 Å². The zero-order valence-corrected chi connectivity index (χ0v) is 10.6. The summed E-state index contributed by atoms with van der Waals surface area (Å²) in [5, 5.41) is 11.8. The SMILES string of the molecule is N#CCCCNc1ccc(N2CCOCC2)cc1. The van der Waals surface area contributed by atoms with Gasteiger partial charge in [0, 0.05) is 37.4 Å². The summed E-state index contributed by atoms with van der Waals surface area (Å²) >= 11 is 0. The molecule has 0 aliphatic carbocycles. The van der Waals surface area contributed by atoms with Gasteiger partial charge in [-0.15, -0.1) is 0 Å². The van der Waals surface area contributed by atoms with Gasteiger partial charge in [0.15, 0.2) is 0 Å². The predicted octanol–water partition coefficient (Wildman–Crippen LogP) is 2.24. The number of nitrogens with zero attached hydrogens (tertiary/aromatic N) is 2. The summed E-state index contributed by atoms with van der Waals surface area (Å²) in [6.07, 6.45) is 1.50. The molecule has 4 nitrogen and oxygen atoms in total. The molecule has 1 aliphatic rings. The minimum atomic E-state index is 0.610. The van der Waals surface area contributed by atoms with Gasteiger partial charge in [-0.2, -0.15) is 5.26 Å². The van der Waals surface area contributed by atoms with Gasteiger partial charge in [0.25, 0.3) is 0 Å². The fraction of sp³-hybridized carbons (Fsp3) is 0.500. The number of anilines is 2. The smallest absolute Gasteiger partial charge is 0.0642 e. The first-order valence-corrected chi connectivity index (χ1v) is 6.44. The largest absolute Gasteiger partial charge is 0.385 e. The van der Waals surface area contributed by atoms with E-state index in [-0.39, 0.29) is 0 Å². The van der Waals surface area contributed by atoms with Crippen LogP contribution < -0.4 is 10.2 Å². The Bertz CT molecular complexity index is 390. The molecule has 0 saturated carbocycles. The van der Waals surface area contributed by atoms with E-state index in [2.05, 4.69) is 40.6 Å². The van der Waals surface area contributed by atoms with E-state index in [0.29, 0.717) is 6.42 Å². The Hall–Kier alpha value is -1.73. The molecule has 0 atom stereocenters. The van der Waals surface area contributed by atoms with Crippen LogP contribution >= 0.6 is 0 Å². The molecule has 2 rings (SSSR count). The van der Waals surface area contributed by atoms with Crippen LogP contribution in [0.4, 0.5) is 11.4 Å². The first-order valence-electron chi connectivity index (χ1n) is 6.44. The van der Waals surface area contributed by atoms with Crippen LogP contribution in [0.15, 0.2) is 24.3 Å². The molecule has 1 heterocycles. The van der Waals surface area contributed by atoms with Crippen molar-refractivity contribution >= 4 is 11.4 Å². The van der Waals surface area contributed by atoms with Gasteiger partial charge >= 0.3 is 0 Å². The summed E-state index contributed by atoms with van der Waals surface area (Å²) < 4.78 is 5.34. The molecule has 0 unspecified atom stereocenters. The number of hydrogen-bond acceptors (Lipinski definition) is 4. The van der Waals surface area contributed by atoms with Gasteiger partial charge in [-0.25, -0.2) is 0 Å². The molecule has 1 aliphatic heterocycles. The highest BCUT2D eigenvalue weighted by atomic mass is 16.5. The van der Waals surface area contributed by atoms with Crippen molar-refractivity contribution in [2.24, 2.45) is 0 Å². The van der Waals surface area contributed by atoms with Crippen molar-refractivity contribution in [1.82, 2.24) is 0 Å². The first-order chi connectivity index (χ1) is 8.90. The quantitative estimate of drug-likeness (QED) is 0.808. The Morgan fingerprint density at radius 1 is 1.22 bits per heavy atom. The topological polar surface area (TPSA) is 48.3 Å². The lowest BCUT2D eigenvalue weighted by Gasteiger charge is -2.28. The zero-order chi connectivity index (χ0) is 12.6. The van der Waals surface area contributed by atoms with E-state index >= 15 is 0 Å². The third-order valence-corrected chi connectivity index (χ3v) is 3.04. The molecule has 1 aromatic rings. The van der Waals surface area contributed by atoms with Gasteiger partial charge in [0.1, 0.15) is 0 Å². The Balaban J connectivity index is 1.83. The average molecular weight is 245 g/mol. The second kappa shape index (κ2) is 6.87. The zero-order valence-electron chi connectivity index (χ0n) is 10.6. The molecule has 18 heavy (non-hydrogen) atoms. The Morgan fingerprint density at radius 3 is 2.61 bits per heavy atom. The number of hydrogen-bond donors (Lipinski definition) is 1. The van der Waals surface area contributed by atoms with Crippen LogP contribution in [-0.4, -0.2) is 32.8 Å². The molecular weight excluding hydrogens is 226 g/mol. The molecule has 96 valence electrons. The van der Waals surface area contributed by atoms with E-state index in [4.69, 9.17) is 10.00 Å². The number of unbranched alkanes of at least 4 members (excludes halogenated alkanes) is 1. The maximum atomic E-state index is 8.45. The first kappa shape index (κ1) is 12.7. The lowest BCUT2D eigenvalue weighted by molar-refractivity contribution is 0.122. The highest BCUT2D eigenvalue weighted by Crippen LogP contribution is 2.18. The molecule has 1 saturated heterocycles. The van der Waals surface area contributed by atoms with E-state index < -0.39 is 0 Å². The second-order valence-electron chi connectivity index (χ2n) is 4.33. The van der Waals surface area contributed by atoms with Crippen molar-refractivity contribution in [2.75, 3.05) is 43.1 Å². The van der Waals surface area contributed by atoms with E-state index in [1.165, 1.54) is 5.69 Å². The van der Waals surface area contributed by atoms with Crippen LogP contribution in [0.1, 0.15) is 12.8 Å². The Labute approximate surface area is 108 Å². The molecule has 1 aromatic carbocycles. The summed E-state index contributed by atoms with van der Waals surface area (Å²) in [5.74, 6) is 0. The maximum absolute atomic E-state index is 8.45. The minimum absolute atomic E-state index is 0.610. The van der Waals surface area contributed by atoms with Crippen LogP contribution in [0, 0.1) is 11.3 Å². The summed E-state index contributed by atoms with van der Waals surface area (Å²) in [7, 11) is 0. The number of ether oxygens (including phenoxy) is 1. The number of nitrogens with one attached hydrogen (secondary N) is 1. The van der Waals surface area contributed by atoms with Gasteiger partial charge in [-0.1, -0.05) is 0 Å². The molecule has 0 radical (unpaired) electrons. The molecule has 1 N–H and O–H groups in total. The van der Waals surface area contributed by atoms with Crippen molar-refractivity contribution in [3.05, 3.63) is 24.3 Å². The van der Waals surface area contributed by atoms with Gasteiger partial charge in [0.05, 0.1) is 19.3 Å². The van der Waals surface area contributed by atoms with Crippen LogP contribution in [0.25, 0.3) is 0 Å². The molecule has 4 heteroatoms. The van der Waals surface area contributed by atoms with Crippen molar-refractivity contribution < 1.29 is 4.74 Å². The van der Waals surface area contributed by atoms with Crippen LogP contribution in [-0.2, 0) is 4.74 Å². The Morgan fingerprint density at radius 2 is 1.94 bits per heavy atom. The summed E-state index contributed by atoms with van der Waals surface area (Å²) in [4.78, 5) is 2.34. The van der Waals surface area contributed by atoms with Crippen molar-refractivity contribution in [3.8, 4) is 6.07 Å². The van der Waals surface area contributed by atoms with Crippen molar-refractivity contribution in [1.29, 1.82) is 5.26 Å². The summed E-state index contributed by atoms with van der Waals surface area (Å²) in [6, 6.07) is 10.6. The molecule has 0 amide bonds. The lowest BCUT2D eigenvalue weighted by atomic mass is 10.2. The third kappa shape index (κ3) is 3.64. The van der Waals surface area contributed by atoms with Crippen molar-refractivity contribution in [2.45, 2.75) is 12.8 Å². The Kier molecular flexibility index (Phi) is 4.86. The number of rotatable bonds is 5. The molecule has 0 bridgehead atoms. The highest BCUT2D eigenvalue weighted by molar-refractivity contribution is 5.55. The van der Waals surface area contributed by atoms with Gasteiger partial charge in [-0.05, 0) is 30.7 Å². The van der Waals surface area contributed by atoms with Crippen LogP contribution in [0.3, 0.4) is 0 Å².